The van der Waals surface area contributed by atoms with E-state index >= 15 is 0 Å². The third kappa shape index (κ3) is 3.40. The van der Waals surface area contributed by atoms with Crippen LogP contribution in [0.3, 0.4) is 0 Å². The van der Waals surface area contributed by atoms with E-state index in [1.54, 1.807) is 7.05 Å². The van der Waals surface area contributed by atoms with E-state index in [4.69, 9.17) is 10.7 Å². The van der Waals surface area contributed by atoms with Gasteiger partial charge >= 0.3 is 5.69 Å². The van der Waals surface area contributed by atoms with Crippen molar-refractivity contribution in [3.63, 3.8) is 0 Å². The molecule has 1 amide bonds. The number of aryl methyl sites for hydroxylation is 1. The minimum Gasteiger partial charge on any atom is -0.369 e. The summed E-state index contributed by atoms with van der Waals surface area (Å²) >= 11 is 0. The second-order valence-electron chi connectivity index (χ2n) is 8.68. The van der Waals surface area contributed by atoms with E-state index < -0.39 is 5.69 Å². The van der Waals surface area contributed by atoms with Gasteiger partial charge in [0.25, 0.3) is 5.56 Å². The normalized spacial score (nSPS) is 14.9. The van der Waals surface area contributed by atoms with Gasteiger partial charge in [0.05, 0.1) is 6.54 Å². The van der Waals surface area contributed by atoms with Gasteiger partial charge in [-0.1, -0.05) is 42.5 Å². The molecule has 2 aromatic heterocycles. The van der Waals surface area contributed by atoms with E-state index in [9.17, 15) is 14.4 Å². The first-order valence-electron chi connectivity index (χ1n) is 11.0. The van der Waals surface area contributed by atoms with Gasteiger partial charge < -0.3 is 10.6 Å². The molecular formula is C24H26N6O3. The van der Waals surface area contributed by atoms with E-state index in [0.29, 0.717) is 49.6 Å². The van der Waals surface area contributed by atoms with Crippen LogP contribution in [-0.2, 0) is 25.4 Å². The molecule has 33 heavy (non-hydrogen) atoms. The monoisotopic (exact) mass is 446 g/mol. The van der Waals surface area contributed by atoms with E-state index in [1.165, 1.54) is 11.6 Å². The van der Waals surface area contributed by atoms with Gasteiger partial charge in [0.15, 0.2) is 11.2 Å². The van der Waals surface area contributed by atoms with Gasteiger partial charge in [0, 0.05) is 33.1 Å². The van der Waals surface area contributed by atoms with Crippen molar-refractivity contribution in [2.24, 2.45) is 25.7 Å². The van der Waals surface area contributed by atoms with Crippen molar-refractivity contribution >= 4 is 33.8 Å². The Labute approximate surface area is 189 Å². The molecule has 0 unspecified atom stereocenters. The molecule has 1 saturated heterocycles. The van der Waals surface area contributed by atoms with Crippen molar-refractivity contribution in [1.82, 2.24) is 18.7 Å². The highest BCUT2D eigenvalue weighted by Crippen LogP contribution is 2.28. The fourth-order valence-electron chi connectivity index (χ4n) is 4.79. The van der Waals surface area contributed by atoms with E-state index in [-0.39, 0.29) is 17.4 Å². The van der Waals surface area contributed by atoms with Crippen molar-refractivity contribution in [1.29, 1.82) is 0 Å². The Morgan fingerprint density at radius 2 is 1.73 bits per heavy atom. The predicted molar refractivity (Wildman–Crippen MR) is 127 cm³/mol. The van der Waals surface area contributed by atoms with Crippen LogP contribution in [0.25, 0.3) is 21.9 Å². The zero-order chi connectivity index (χ0) is 23.3. The Bertz CT molecular complexity index is 1500. The molecule has 0 spiro atoms. The minimum absolute atomic E-state index is 0.158. The van der Waals surface area contributed by atoms with Crippen LogP contribution < -0.4 is 21.9 Å². The fourth-order valence-corrected chi connectivity index (χ4v) is 4.79. The number of hydrogen-bond donors (Lipinski definition) is 1. The molecule has 0 saturated carbocycles. The van der Waals surface area contributed by atoms with Crippen LogP contribution in [-0.4, -0.2) is 37.7 Å². The van der Waals surface area contributed by atoms with Gasteiger partial charge in [-0.15, -0.1) is 0 Å². The standard InChI is InChI=1S/C24H26N6O3/c1-27-21-19(22(32)28(2)24(27)33)30(14-17-8-5-7-15-6-3-4-9-18(15)17)23(26-21)29-12-10-16(11-13-29)20(25)31/h3-9,16H,10-14H2,1-2H3,(H2,25,31). The number of nitrogens with two attached hydrogens (primary N) is 1. The lowest BCUT2D eigenvalue weighted by atomic mass is 9.96. The lowest BCUT2D eigenvalue weighted by molar-refractivity contribution is -0.122. The zero-order valence-corrected chi connectivity index (χ0v) is 18.7. The van der Waals surface area contributed by atoms with E-state index in [0.717, 1.165) is 20.9 Å². The van der Waals surface area contributed by atoms with Crippen LogP contribution in [0, 0.1) is 5.92 Å². The SMILES string of the molecule is Cn1c(=O)c2c(nc(N3CCC(C(N)=O)CC3)n2Cc2cccc3ccccc23)n(C)c1=O. The number of nitrogens with zero attached hydrogens (tertiary/aromatic N) is 5. The number of fused-ring (bicyclic) bond motifs is 2. The Morgan fingerprint density at radius 1 is 1.03 bits per heavy atom. The summed E-state index contributed by atoms with van der Waals surface area (Å²) < 4.78 is 4.44. The molecular weight excluding hydrogens is 420 g/mol. The topological polar surface area (TPSA) is 108 Å². The van der Waals surface area contributed by atoms with Gasteiger partial charge in [0.2, 0.25) is 11.9 Å². The van der Waals surface area contributed by atoms with Crippen LogP contribution >= 0.6 is 0 Å². The van der Waals surface area contributed by atoms with Crippen molar-refractivity contribution in [3.05, 3.63) is 68.9 Å². The number of imidazole rings is 1. The fraction of sp³-hybridized carbons (Fsp3) is 0.333. The number of primary amides is 1. The van der Waals surface area contributed by atoms with Crippen molar-refractivity contribution in [3.8, 4) is 0 Å². The van der Waals surface area contributed by atoms with Gasteiger partial charge in [0.1, 0.15) is 0 Å². The Hall–Kier alpha value is -3.88. The van der Waals surface area contributed by atoms with E-state index in [2.05, 4.69) is 23.1 Å². The largest absolute Gasteiger partial charge is 0.369 e. The molecule has 0 atom stereocenters. The molecule has 0 aliphatic carbocycles. The summed E-state index contributed by atoms with van der Waals surface area (Å²) in [5.74, 6) is 0.184. The second-order valence-corrected chi connectivity index (χ2v) is 8.68. The number of piperidine rings is 1. The number of amides is 1. The third-order valence-electron chi connectivity index (χ3n) is 6.72. The summed E-state index contributed by atoms with van der Waals surface area (Å²) in [7, 11) is 3.11. The highest BCUT2D eigenvalue weighted by atomic mass is 16.2. The summed E-state index contributed by atoms with van der Waals surface area (Å²) in [4.78, 5) is 44.3. The van der Waals surface area contributed by atoms with Crippen molar-refractivity contribution in [2.75, 3.05) is 18.0 Å². The van der Waals surface area contributed by atoms with Crippen LogP contribution in [0.5, 0.6) is 0 Å². The maximum atomic E-state index is 13.2. The average Bonchev–Trinajstić information content (AvgIpc) is 3.21. The highest BCUT2D eigenvalue weighted by Gasteiger charge is 2.28. The number of carbonyl (C=O) groups excluding carboxylic acids is 1. The van der Waals surface area contributed by atoms with E-state index in [1.807, 2.05) is 28.8 Å². The number of anilines is 1. The average molecular weight is 447 g/mol. The predicted octanol–water partition coefficient (Wildman–Crippen LogP) is 1.34. The second kappa shape index (κ2) is 7.91. The van der Waals surface area contributed by atoms with Crippen LogP contribution in [0.1, 0.15) is 18.4 Å². The number of benzene rings is 2. The Balaban J connectivity index is 1.70. The quantitative estimate of drug-likeness (QED) is 0.509. The van der Waals surface area contributed by atoms with Crippen molar-refractivity contribution in [2.45, 2.75) is 19.4 Å². The summed E-state index contributed by atoms with van der Waals surface area (Å²) in [6.07, 6.45) is 1.26. The molecule has 2 N–H and O–H groups in total. The first kappa shape index (κ1) is 21.0. The Morgan fingerprint density at radius 3 is 2.45 bits per heavy atom. The van der Waals surface area contributed by atoms with Gasteiger partial charge in [-0.05, 0) is 29.2 Å². The molecule has 3 heterocycles. The van der Waals surface area contributed by atoms with Gasteiger partial charge in [-0.3, -0.25) is 23.3 Å². The first-order chi connectivity index (χ1) is 15.9. The third-order valence-corrected chi connectivity index (χ3v) is 6.72. The summed E-state index contributed by atoms with van der Waals surface area (Å²) in [5.41, 5.74) is 6.52. The summed E-state index contributed by atoms with van der Waals surface area (Å²) in [6, 6.07) is 14.2. The lowest BCUT2D eigenvalue weighted by Crippen LogP contribution is -2.40. The smallest absolute Gasteiger partial charge is 0.332 e. The molecule has 5 rings (SSSR count). The van der Waals surface area contributed by atoms with Gasteiger partial charge in [-0.2, -0.15) is 4.98 Å². The van der Waals surface area contributed by atoms with Crippen LogP contribution in [0.15, 0.2) is 52.1 Å². The zero-order valence-electron chi connectivity index (χ0n) is 18.7. The highest BCUT2D eigenvalue weighted by molar-refractivity contribution is 5.86. The van der Waals surface area contributed by atoms with Crippen LogP contribution in [0.4, 0.5) is 5.95 Å². The molecule has 0 bridgehead atoms. The molecule has 170 valence electrons. The van der Waals surface area contributed by atoms with Gasteiger partial charge in [-0.25, -0.2) is 4.79 Å². The molecule has 0 radical (unpaired) electrons. The molecule has 2 aromatic carbocycles. The molecule has 1 aliphatic rings. The van der Waals surface area contributed by atoms with Crippen molar-refractivity contribution < 1.29 is 4.79 Å². The number of carbonyl (C=O) groups is 1. The molecule has 4 aromatic rings. The maximum absolute atomic E-state index is 13.2. The summed E-state index contributed by atoms with van der Waals surface area (Å²) in [6.45, 7) is 1.62. The minimum atomic E-state index is -0.415. The molecule has 1 fully saturated rings. The lowest BCUT2D eigenvalue weighted by Gasteiger charge is -2.31. The number of rotatable bonds is 4. The Kier molecular flexibility index (Phi) is 5.03. The maximum Gasteiger partial charge on any atom is 0.332 e. The molecule has 9 heteroatoms. The summed E-state index contributed by atoms with van der Waals surface area (Å²) in [5, 5.41) is 2.21. The molecule has 9 nitrogen and oxygen atoms in total. The first-order valence-corrected chi connectivity index (χ1v) is 11.0. The van der Waals surface area contributed by atoms with Crippen LogP contribution in [0.2, 0.25) is 0 Å². The molecule has 1 aliphatic heterocycles. The number of hydrogen-bond acceptors (Lipinski definition) is 5. The number of aromatic nitrogens is 4.